The quantitative estimate of drug-likeness (QED) is 0.604. The molecule has 0 saturated heterocycles. The van der Waals surface area contributed by atoms with Crippen LogP contribution in [-0.2, 0) is 4.74 Å². The highest BCUT2D eigenvalue weighted by molar-refractivity contribution is 6.28. The van der Waals surface area contributed by atoms with Gasteiger partial charge in [-0.2, -0.15) is 0 Å². The molecule has 2 rings (SSSR count). The van der Waals surface area contributed by atoms with Crippen LogP contribution in [0.15, 0.2) is 31.0 Å². The molecule has 0 atom stereocenters. The first-order valence-electron chi connectivity index (χ1n) is 4.95. The fourth-order valence-corrected chi connectivity index (χ4v) is 1.58. The fraction of sp³-hybridized carbons (Fsp3) is 0.167. The molecule has 82 valence electrons. The van der Waals surface area contributed by atoms with Gasteiger partial charge in [-0.3, -0.25) is 0 Å². The van der Waals surface area contributed by atoms with E-state index >= 15 is 0 Å². The average Bonchev–Trinajstić information content (AvgIpc) is 2.28. The predicted octanol–water partition coefficient (Wildman–Crippen LogP) is 3.29. The molecule has 0 aliphatic heterocycles. The van der Waals surface area contributed by atoms with Gasteiger partial charge in [0.15, 0.2) is 0 Å². The molecule has 16 heavy (non-hydrogen) atoms. The molecule has 4 heteroatoms. The van der Waals surface area contributed by atoms with Gasteiger partial charge in [-0.15, -0.1) is 0 Å². The third-order valence-corrected chi connectivity index (χ3v) is 2.37. The zero-order valence-electron chi connectivity index (χ0n) is 8.90. The number of hydrogen-bond acceptors (Lipinski definition) is 3. The van der Waals surface area contributed by atoms with E-state index in [2.05, 4.69) is 16.5 Å². The summed E-state index contributed by atoms with van der Waals surface area (Å²) >= 11 is 5.71. The number of benzene rings is 1. The standard InChI is InChI=1S/C12H11ClN2O/c1-3-16-8(2)9-4-5-11-10(6-9)7-14-12(13)15-11/h4-7H,2-3H2,1H3. The van der Waals surface area contributed by atoms with Crippen molar-refractivity contribution in [3.8, 4) is 0 Å². The molecule has 1 heterocycles. The van der Waals surface area contributed by atoms with Crippen molar-refractivity contribution in [3.05, 3.63) is 41.8 Å². The van der Waals surface area contributed by atoms with E-state index in [1.807, 2.05) is 25.1 Å². The zero-order valence-corrected chi connectivity index (χ0v) is 9.66. The zero-order chi connectivity index (χ0) is 11.5. The Hall–Kier alpha value is -1.61. The molecule has 0 radical (unpaired) electrons. The summed E-state index contributed by atoms with van der Waals surface area (Å²) in [6.07, 6.45) is 1.69. The highest BCUT2D eigenvalue weighted by Gasteiger charge is 2.02. The van der Waals surface area contributed by atoms with E-state index in [9.17, 15) is 0 Å². The van der Waals surface area contributed by atoms with Crippen molar-refractivity contribution in [2.45, 2.75) is 6.92 Å². The summed E-state index contributed by atoms with van der Waals surface area (Å²) in [4.78, 5) is 8.04. The van der Waals surface area contributed by atoms with Crippen molar-refractivity contribution in [3.63, 3.8) is 0 Å². The maximum Gasteiger partial charge on any atom is 0.222 e. The Morgan fingerprint density at radius 2 is 2.31 bits per heavy atom. The lowest BCUT2D eigenvalue weighted by atomic mass is 10.1. The molecule has 0 fully saturated rings. The third kappa shape index (κ3) is 2.14. The maximum atomic E-state index is 5.71. The first kappa shape index (κ1) is 10.9. The normalized spacial score (nSPS) is 10.4. The molecule has 2 aromatic rings. The Balaban J connectivity index is 2.44. The summed E-state index contributed by atoms with van der Waals surface area (Å²) < 4.78 is 5.34. The molecule has 0 N–H and O–H groups in total. The number of nitrogens with zero attached hydrogens (tertiary/aromatic N) is 2. The van der Waals surface area contributed by atoms with Gasteiger partial charge in [0.05, 0.1) is 12.1 Å². The minimum Gasteiger partial charge on any atom is -0.494 e. The number of halogens is 1. The molecule has 0 unspecified atom stereocenters. The smallest absolute Gasteiger partial charge is 0.222 e. The van der Waals surface area contributed by atoms with Crippen LogP contribution in [0.1, 0.15) is 12.5 Å². The molecule has 0 aliphatic carbocycles. The van der Waals surface area contributed by atoms with Gasteiger partial charge in [-0.05, 0) is 36.7 Å². The second kappa shape index (κ2) is 4.49. The highest BCUT2D eigenvalue weighted by Crippen LogP contribution is 2.20. The highest BCUT2D eigenvalue weighted by atomic mass is 35.5. The van der Waals surface area contributed by atoms with Crippen molar-refractivity contribution >= 4 is 28.3 Å². The van der Waals surface area contributed by atoms with Crippen LogP contribution >= 0.6 is 11.6 Å². The van der Waals surface area contributed by atoms with Gasteiger partial charge in [0.25, 0.3) is 0 Å². The van der Waals surface area contributed by atoms with E-state index < -0.39 is 0 Å². The molecule has 0 spiro atoms. The Kier molecular flexibility index (Phi) is 3.06. The van der Waals surface area contributed by atoms with Gasteiger partial charge < -0.3 is 4.74 Å². The number of aromatic nitrogens is 2. The van der Waals surface area contributed by atoms with Crippen LogP contribution in [0, 0.1) is 0 Å². The average molecular weight is 235 g/mol. The van der Waals surface area contributed by atoms with Crippen LogP contribution in [0.3, 0.4) is 0 Å². The first-order valence-corrected chi connectivity index (χ1v) is 5.33. The fourth-order valence-electron chi connectivity index (χ4n) is 1.44. The molecule has 0 aliphatic rings. The number of fused-ring (bicyclic) bond motifs is 1. The van der Waals surface area contributed by atoms with Gasteiger partial charge in [0, 0.05) is 17.1 Å². The van der Waals surface area contributed by atoms with E-state index in [0.717, 1.165) is 16.5 Å². The second-order valence-electron chi connectivity index (χ2n) is 3.27. The van der Waals surface area contributed by atoms with Crippen LogP contribution in [0.5, 0.6) is 0 Å². The number of hydrogen-bond donors (Lipinski definition) is 0. The van der Waals surface area contributed by atoms with Crippen molar-refractivity contribution in [2.75, 3.05) is 6.61 Å². The summed E-state index contributed by atoms with van der Waals surface area (Å²) in [5.41, 5.74) is 1.74. The molecule has 0 amide bonds. The molecule has 1 aromatic heterocycles. The lowest BCUT2D eigenvalue weighted by molar-refractivity contribution is 0.299. The largest absolute Gasteiger partial charge is 0.494 e. The minimum atomic E-state index is 0.254. The Labute approximate surface area is 98.7 Å². The van der Waals surface area contributed by atoms with Crippen molar-refractivity contribution in [1.29, 1.82) is 0 Å². The number of ether oxygens (including phenoxy) is 1. The monoisotopic (exact) mass is 234 g/mol. The Morgan fingerprint density at radius 3 is 3.06 bits per heavy atom. The van der Waals surface area contributed by atoms with E-state index in [-0.39, 0.29) is 5.28 Å². The third-order valence-electron chi connectivity index (χ3n) is 2.19. The molecule has 0 bridgehead atoms. The SMILES string of the molecule is C=C(OCC)c1ccc2nc(Cl)ncc2c1. The Bertz CT molecular complexity index is 540. The van der Waals surface area contributed by atoms with Crippen LogP contribution in [0.25, 0.3) is 16.7 Å². The summed E-state index contributed by atoms with van der Waals surface area (Å²) in [5.74, 6) is 0.652. The van der Waals surface area contributed by atoms with E-state index in [1.54, 1.807) is 6.20 Å². The van der Waals surface area contributed by atoms with Gasteiger partial charge >= 0.3 is 0 Å². The van der Waals surface area contributed by atoms with Crippen LogP contribution in [0.2, 0.25) is 5.28 Å². The first-order chi connectivity index (χ1) is 7.70. The lowest BCUT2D eigenvalue weighted by Crippen LogP contribution is -1.91. The van der Waals surface area contributed by atoms with Gasteiger partial charge in [-0.1, -0.05) is 6.58 Å². The van der Waals surface area contributed by atoms with E-state index in [1.165, 1.54) is 0 Å². The summed E-state index contributed by atoms with van der Waals surface area (Å²) in [6.45, 7) is 6.38. The summed E-state index contributed by atoms with van der Waals surface area (Å²) in [7, 11) is 0. The molecular weight excluding hydrogens is 224 g/mol. The van der Waals surface area contributed by atoms with Crippen LogP contribution in [-0.4, -0.2) is 16.6 Å². The number of rotatable bonds is 3. The lowest BCUT2D eigenvalue weighted by Gasteiger charge is -2.07. The van der Waals surface area contributed by atoms with E-state index in [4.69, 9.17) is 16.3 Å². The van der Waals surface area contributed by atoms with E-state index in [0.29, 0.717) is 12.4 Å². The summed E-state index contributed by atoms with van der Waals surface area (Å²) in [6, 6.07) is 5.72. The summed E-state index contributed by atoms with van der Waals surface area (Å²) in [5, 5.41) is 1.17. The second-order valence-corrected chi connectivity index (χ2v) is 3.61. The van der Waals surface area contributed by atoms with Crippen molar-refractivity contribution < 1.29 is 4.74 Å². The van der Waals surface area contributed by atoms with Gasteiger partial charge in [0.2, 0.25) is 5.28 Å². The molecule has 3 nitrogen and oxygen atoms in total. The van der Waals surface area contributed by atoms with Crippen molar-refractivity contribution in [2.24, 2.45) is 0 Å². The van der Waals surface area contributed by atoms with Gasteiger partial charge in [-0.25, -0.2) is 9.97 Å². The van der Waals surface area contributed by atoms with Crippen molar-refractivity contribution in [1.82, 2.24) is 9.97 Å². The molecule has 1 aromatic carbocycles. The van der Waals surface area contributed by atoms with Gasteiger partial charge in [0.1, 0.15) is 5.76 Å². The maximum absolute atomic E-state index is 5.71. The predicted molar refractivity (Wildman–Crippen MR) is 65.2 cm³/mol. The minimum absolute atomic E-state index is 0.254. The Morgan fingerprint density at radius 1 is 1.50 bits per heavy atom. The molecule has 0 saturated carbocycles. The topological polar surface area (TPSA) is 35.0 Å². The van der Waals surface area contributed by atoms with Crippen LogP contribution in [0.4, 0.5) is 0 Å². The van der Waals surface area contributed by atoms with Crippen LogP contribution < -0.4 is 0 Å². The molecular formula is C12H11ClN2O.